The van der Waals surface area contributed by atoms with Crippen LogP contribution >= 0.6 is 0 Å². The number of ether oxygens (including phenoxy) is 3. The van der Waals surface area contributed by atoms with Crippen LogP contribution in [-0.2, 0) is 46.5 Å². The molecule has 1 saturated heterocycles. The summed E-state index contributed by atoms with van der Waals surface area (Å²) < 4.78 is 31.2. The van der Waals surface area contributed by atoms with Gasteiger partial charge >= 0.3 is 18.2 Å². The van der Waals surface area contributed by atoms with Crippen molar-refractivity contribution in [1.29, 1.82) is 0 Å². The van der Waals surface area contributed by atoms with Gasteiger partial charge in [-0.2, -0.15) is 0 Å². The second-order valence-electron chi connectivity index (χ2n) is 14.6. The fourth-order valence-electron chi connectivity index (χ4n) is 7.23. The largest absolute Gasteiger partial charge is 0.464 e. The number of halogens is 1. The first-order chi connectivity index (χ1) is 24.2. The summed E-state index contributed by atoms with van der Waals surface area (Å²) in [5.74, 6) is -3.62. The fraction of sp³-hybridized carbons (Fsp3) is 0.622. The number of carbonyl (C=O) groups is 6. The van der Waals surface area contributed by atoms with Crippen molar-refractivity contribution in [3.63, 3.8) is 0 Å². The van der Waals surface area contributed by atoms with E-state index in [1.54, 1.807) is 46.8 Å². The van der Waals surface area contributed by atoms with E-state index in [0.29, 0.717) is 24.0 Å². The summed E-state index contributed by atoms with van der Waals surface area (Å²) in [5, 5.41) is 2.68. The summed E-state index contributed by atoms with van der Waals surface area (Å²) in [5.41, 5.74) is -1.38. The molecule has 0 radical (unpaired) electrons. The van der Waals surface area contributed by atoms with Crippen molar-refractivity contribution in [2.24, 2.45) is 5.92 Å². The Morgan fingerprint density at radius 3 is 2.49 bits per heavy atom. The van der Waals surface area contributed by atoms with Crippen molar-refractivity contribution in [1.82, 2.24) is 20.0 Å². The van der Waals surface area contributed by atoms with Crippen LogP contribution in [0.3, 0.4) is 0 Å². The third-order valence-electron chi connectivity index (χ3n) is 9.79. The highest BCUT2D eigenvalue weighted by atomic mass is 19.1. The molecule has 1 aromatic carbocycles. The number of rotatable bonds is 5. The Hall–Kier alpha value is -4.49. The number of alkyl carbamates (subject to hydrolysis) is 1. The van der Waals surface area contributed by atoms with Crippen LogP contribution < -0.4 is 5.32 Å². The van der Waals surface area contributed by atoms with E-state index in [9.17, 15) is 33.2 Å². The van der Waals surface area contributed by atoms with Crippen molar-refractivity contribution < 1.29 is 47.4 Å². The van der Waals surface area contributed by atoms with E-state index < -0.39 is 76.9 Å². The first kappa shape index (κ1) is 37.8. The van der Waals surface area contributed by atoms with Gasteiger partial charge in [0.1, 0.15) is 29.6 Å². The molecule has 0 unspecified atom stereocenters. The molecule has 5 amide bonds. The van der Waals surface area contributed by atoms with Crippen LogP contribution in [-0.4, -0.2) is 93.1 Å². The highest BCUT2D eigenvalue weighted by molar-refractivity contribution is 6.06. The minimum absolute atomic E-state index is 0.00378. The van der Waals surface area contributed by atoms with Crippen molar-refractivity contribution in [2.75, 3.05) is 13.2 Å². The monoisotopic (exact) mass is 712 g/mol. The molecule has 3 aliphatic heterocycles. The molecule has 1 aliphatic carbocycles. The van der Waals surface area contributed by atoms with E-state index in [1.165, 1.54) is 15.9 Å². The van der Waals surface area contributed by atoms with Gasteiger partial charge in [-0.3, -0.25) is 24.2 Å². The highest BCUT2D eigenvalue weighted by Crippen LogP contribution is 2.52. The van der Waals surface area contributed by atoms with Crippen LogP contribution in [0.4, 0.5) is 14.0 Å². The number of esters is 1. The van der Waals surface area contributed by atoms with Crippen LogP contribution in [0, 0.1) is 11.7 Å². The van der Waals surface area contributed by atoms with Gasteiger partial charge in [0.2, 0.25) is 11.8 Å². The Morgan fingerprint density at radius 1 is 1.04 bits per heavy atom. The molecule has 5 atom stereocenters. The van der Waals surface area contributed by atoms with Gasteiger partial charge in [0, 0.05) is 30.9 Å². The molecule has 5 rings (SSSR count). The number of hydrogen-bond donors (Lipinski definition) is 1. The molecule has 1 N–H and O–H groups in total. The lowest BCUT2D eigenvalue weighted by molar-refractivity contribution is -0.166. The summed E-state index contributed by atoms with van der Waals surface area (Å²) in [6.07, 6.45) is 4.16. The predicted molar refractivity (Wildman–Crippen MR) is 181 cm³/mol. The molecule has 0 spiro atoms. The summed E-state index contributed by atoms with van der Waals surface area (Å²) in [6, 6.07) is 2.21. The van der Waals surface area contributed by atoms with Gasteiger partial charge in [-0.25, -0.2) is 18.8 Å². The van der Waals surface area contributed by atoms with Gasteiger partial charge in [-0.1, -0.05) is 44.1 Å². The van der Waals surface area contributed by atoms with Crippen LogP contribution in [0.25, 0.3) is 0 Å². The quantitative estimate of drug-likeness (QED) is 0.259. The summed E-state index contributed by atoms with van der Waals surface area (Å²) >= 11 is 0. The van der Waals surface area contributed by atoms with Gasteiger partial charge < -0.3 is 24.4 Å². The summed E-state index contributed by atoms with van der Waals surface area (Å²) in [7, 11) is 0. The second kappa shape index (κ2) is 15.4. The maximum absolute atomic E-state index is 14.7. The smallest absolute Gasteiger partial charge is 0.410 e. The zero-order valence-corrected chi connectivity index (χ0v) is 30.1. The maximum atomic E-state index is 14.7. The first-order valence-electron chi connectivity index (χ1n) is 17.9. The number of benzene rings is 1. The van der Waals surface area contributed by atoms with E-state index in [4.69, 9.17) is 14.2 Å². The third kappa shape index (κ3) is 8.20. The number of imide groups is 1. The van der Waals surface area contributed by atoms with E-state index in [2.05, 4.69) is 5.32 Å². The minimum Gasteiger partial charge on any atom is -0.464 e. The number of fused-ring (bicyclic) bond motifs is 3. The Morgan fingerprint density at radius 2 is 1.80 bits per heavy atom. The molecule has 2 fully saturated rings. The normalized spacial score (nSPS) is 27.3. The summed E-state index contributed by atoms with van der Waals surface area (Å²) in [4.78, 5) is 86.4. The fourth-order valence-corrected chi connectivity index (χ4v) is 7.23. The van der Waals surface area contributed by atoms with Gasteiger partial charge in [-0.15, -0.1) is 0 Å². The first-order valence-corrected chi connectivity index (χ1v) is 17.9. The van der Waals surface area contributed by atoms with Gasteiger partial charge in [0.25, 0.3) is 5.91 Å². The number of carbonyl (C=O) groups excluding carboxylic acids is 6. The molecule has 14 heteroatoms. The number of hydrogen-bond acceptors (Lipinski definition) is 9. The molecule has 0 aromatic heterocycles. The lowest BCUT2D eigenvalue weighted by atomic mass is 10.0. The van der Waals surface area contributed by atoms with Crippen molar-refractivity contribution in [3.05, 3.63) is 47.3 Å². The highest BCUT2D eigenvalue weighted by Gasteiger charge is 2.68. The molecule has 51 heavy (non-hydrogen) atoms. The Labute approximate surface area is 297 Å². The van der Waals surface area contributed by atoms with Crippen LogP contribution in [0.2, 0.25) is 0 Å². The van der Waals surface area contributed by atoms with Gasteiger partial charge in [-0.05, 0) is 65.0 Å². The standard InChI is InChI=1S/C37H49FN4O9/c1-6-30(43)42-32(45)29-18-25(50-35(48)40-20-23-14-13-16-27(38)26(23)22-40)21-41(29)31(44)28(39-34(47)51-36(3,4)5)17-12-10-8-9-11-15-24-19-37(24,42)33(46)49-7-2/h11,13-16,24-25,28-29H,6-10,12,17-22H2,1-5H3,(H,39,47)/b15-11-/t24-,25-,28+,29+,37-/m1/s1. The average Bonchev–Trinajstić information content (AvgIpc) is 3.37. The molecule has 1 aromatic rings. The molecule has 1 saturated carbocycles. The van der Waals surface area contributed by atoms with Crippen LogP contribution in [0.5, 0.6) is 0 Å². The zero-order valence-electron chi connectivity index (χ0n) is 30.1. The number of nitrogens with one attached hydrogen (secondary N) is 1. The zero-order chi connectivity index (χ0) is 37.1. The van der Waals surface area contributed by atoms with Gasteiger partial charge in [0.15, 0.2) is 5.54 Å². The van der Waals surface area contributed by atoms with Crippen LogP contribution in [0.1, 0.15) is 97.1 Å². The van der Waals surface area contributed by atoms with Crippen molar-refractivity contribution in [3.8, 4) is 0 Å². The molecule has 0 bridgehead atoms. The van der Waals surface area contributed by atoms with E-state index in [1.807, 2.05) is 12.2 Å². The number of amides is 5. The third-order valence-corrected chi connectivity index (χ3v) is 9.79. The molecular formula is C37H49FN4O9. The summed E-state index contributed by atoms with van der Waals surface area (Å²) in [6.45, 7) is 8.26. The molecule has 3 heterocycles. The van der Waals surface area contributed by atoms with E-state index in [-0.39, 0.29) is 51.9 Å². The topological polar surface area (TPSA) is 152 Å². The Balaban J connectivity index is 1.48. The van der Waals surface area contributed by atoms with Crippen LogP contribution in [0.15, 0.2) is 30.4 Å². The molecule has 13 nitrogen and oxygen atoms in total. The lowest BCUT2D eigenvalue weighted by Gasteiger charge is -2.35. The SMILES string of the molecule is CCOC(=O)[C@@]12C[C@H]1/C=C\CCCCC[C@H](NC(=O)OC(C)(C)C)C(=O)N1C[C@H](OC(=O)N3Cc4cccc(F)c4C3)C[C@H]1C(=O)N2C(=O)CC. The second-order valence-corrected chi connectivity index (χ2v) is 14.6. The predicted octanol–water partition coefficient (Wildman–Crippen LogP) is 4.75. The van der Waals surface area contributed by atoms with Gasteiger partial charge in [0.05, 0.1) is 19.7 Å². The Kier molecular flexibility index (Phi) is 11.4. The van der Waals surface area contributed by atoms with Crippen molar-refractivity contribution >= 4 is 35.9 Å². The Bertz CT molecular complexity index is 1570. The molecule has 4 aliphatic rings. The lowest BCUT2D eigenvalue weighted by Crippen LogP contribution is -2.59. The van der Waals surface area contributed by atoms with E-state index in [0.717, 1.165) is 17.7 Å². The average molecular weight is 713 g/mol. The van der Waals surface area contributed by atoms with Crippen molar-refractivity contribution in [2.45, 2.75) is 128 Å². The minimum atomic E-state index is -1.58. The molecule has 278 valence electrons. The van der Waals surface area contributed by atoms with E-state index >= 15 is 0 Å². The number of allylic oxidation sites excluding steroid dienone is 1. The molecular weight excluding hydrogens is 663 g/mol. The maximum Gasteiger partial charge on any atom is 0.410 e. The number of nitrogens with zero attached hydrogens (tertiary/aromatic N) is 3.